The second kappa shape index (κ2) is 6.59. The molecule has 0 aromatic heterocycles. The fourth-order valence-electron chi connectivity index (χ4n) is 1.60. The maximum atomic E-state index is 13.6. The van der Waals surface area contributed by atoms with Gasteiger partial charge in [0.2, 0.25) is 0 Å². The highest BCUT2D eigenvalue weighted by Gasteiger charge is 2.17. The first-order valence-corrected chi connectivity index (χ1v) is 7.51. The van der Waals surface area contributed by atoms with Crippen LogP contribution in [0.3, 0.4) is 0 Å². The Morgan fingerprint density at radius 1 is 1.09 bits per heavy atom. The summed E-state index contributed by atoms with van der Waals surface area (Å²) in [7, 11) is 0. The topological polar surface area (TPSA) is 69.2 Å². The molecule has 2 aromatic rings. The van der Waals surface area contributed by atoms with Gasteiger partial charge in [-0.1, -0.05) is 0 Å². The van der Waals surface area contributed by atoms with Crippen molar-refractivity contribution >= 4 is 38.6 Å². The zero-order valence-electron chi connectivity index (χ0n) is 10.5. The Hall–Kier alpha value is -1.71. The van der Waals surface area contributed by atoms with Crippen molar-refractivity contribution in [1.29, 1.82) is 0 Å². The molecule has 9 heteroatoms. The van der Waals surface area contributed by atoms with Gasteiger partial charge in [0, 0.05) is 11.8 Å². The quantitative estimate of drug-likeness (QED) is 0.814. The third kappa shape index (κ3) is 3.54. The summed E-state index contributed by atoms with van der Waals surface area (Å²) in [5.41, 5.74) is -0.507. The van der Waals surface area contributed by atoms with Crippen LogP contribution in [0.4, 0.5) is 18.9 Å². The van der Waals surface area contributed by atoms with E-state index in [1.54, 1.807) is 0 Å². The van der Waals surface area contributed by atoms with Gasteiger partial charge in [-0.25, -0.2) is 13.2 Å². The van der Waals surface area contributed by atoms with E-state index in [0.717, 1.165) is 6.07 Å². The monoisotopic (exact) mass is 392 g/mol. The average molecular weight is 393 g/mol. The summed E-state index contributed by atoms with van der Waals surface area (Å²) < 4.78 is 61.6. The molecule has 1 unspecified atom stereocenters. The second-order valence-electron chi connectivity index (χ2n) is 4.08. The Balaban J connectivity index is 2.35. The fraction of sp³-hybridized carbons (Fsp3) is 0. The number of hydrogen-bond acceptors (Lipinski definition) is 3. The molecule has 0 heterocycles. The predicted octanol–water partition coefficient (Wildman–Crippen LogP) is 3.36. The lowest BCUT2D eigenvalue weighted by atomic mass is 10.2. The van der Waals surface area contributed by atoms with Crippen molar-refractivity contribution in [3.05, 3.63) is 57.8 Å². The number of rotatable bonds is 3. The average Bonchev–Trinajstić information content (AvgIpc) is 2.42. The van der Waals surface area contributed by atoms with Crippen LogP contribution in [-0.2, 0) is 11.1 Å². The van der Waals surface area contributed by atoms with Gasteiger partial charge in [0.15, 0.2) is 0 Å². The van der Waals surface area contributed by atoms with Gasteiger partial charge in [-0.05, 0) is 51.3 Å². The Kier molecular flexibility index (Phi) is 4.99. The molecule has 1 amide bonds. The van der Waals surface area contributed by atoms with Crippen LogP contribution < -0.4 is 5.32 Å². The van der Waals surface area contributed by atoms with E-state index in [0.29, 0.717) is 12.1 Å². The summed E-state index contributed by atoms with van der Waals surface area (Å²) in [6.07, 6.45) is 0. The lowest BCUT2D eigenvalue weighted by Gasteiger charge is -2.11. The summed E-state index contributed by atoms with van der Waals surface area (Å²) in [6.45, 7) is 0. The third-order valence-electron chi connectivity index (χ3n) is 2.62. The van der Waals surface area contributed by atoms with E-state index in [1.165, 1.54) is 12.1 Å². The SMILES string of the molecule is O=C(Nc1ccc(F)c(Br)c1)c1cc(S(=O)[O-])c(F)cc1F. The zero-order chi connectivity index (χ0) is 16.4. The zero-order valence-corrected chi connectivity index (χ0v) is 12.9. The van der Waals surface area contributed by atoms with E-state index in [-0.39, 0.29) is 10.2 Å². The van der Waals surface area contributed by atoms with Crippen LogP contribution in [0.2, 0.25) is 0 Å². The molecule has 0 aliphatic heterocycles. The van der Waals surface area contributed by atoms with E-state index in [2.05, 4.69) is 21.2 Å². The maximum absolute atomic E-state index is 13.6. The van der Waals surface area contributed by atoms with Gasteiger partial charge in [-0.2, -0.15) is 0 Å². The van der Waals surface area contributed by atoms with Crippen LogP contribution in [0.1, 0.15) is 10.4 Å². The van der Waals surface area contributed by atoms with E-state index >= 15 is 0 Å². The third-order valence-corrected chi connectivity index (χ3v) is 3.90. The van der Waals surface area contributed by atoms with Crippen molar-refractivity contribution < 1.29 is 26.7 Å². The Labute approximate surface area is 133 Å². The number of carbonyl (C=O) groups excluding carboxylic acids is 1. The minimum Gasteiger partial charge on any atom is -0.768 e. The number of anilines is 1. The van der Waals surface area contributed by atoms with Crippen LogP contribution in [-0.4, -0.2) is 14.7 Å². The van der Waals surface area contributed by atoms with Crippen LogP contribution >= 0.6 is 15.9 Å². The van der Waals surface area contributed by atoms with Gasteiger partial charge >= 0.3 is 0 Å². The summed E-state index contributed by atoms with van der Waals surface area (Å²) >= 11 is -0.0422. The van der Waals surface area contributed by atoms with Gasteiger partial charge in [0.1, 0.15) is 17.5 Å². The van der Waals surface area contributed by atoms with Gasteiger partial charge < -0.3 is 9.87 Å². The van der Waals surface area contributed by atoms with Crippen LogP contribution in [0.25, 0.3) is 0 Å². The van der Waals surface area contributed by atoms with Crippen LogP contribution in [0.15, 0.2) is 39.7 Å². The first kappa shape index (κ1) is 16.7. The molecular formula is C13H6BrF3NO3S-. The minimum absolute atomic E-state index is 0.0752. The molecule has 116 valence electrons. The predicted molar refractivity (Wildman–Crippen MR) is 75.6 cm³/mol. The molecule has 0 aliphatic rings. The molecule has 0 bridgehead atoms. The van der Waals surface area contributed by atoms with Gasteiger partial charge in [0.25, 0.3) is 5.91 Å². The van der Waals surface area contributed by atoms with Crippen LogP contribution in [0.5, 0.6) is 0 Å². The standard InChI is InChI=1S/C13H7BrF3NO3S/c14-8-3-6(1-2-9(8)15)18-13(19)7-4-12(22(20)21)11(17)5-10(7)16/h1-5H,(H,18,19)(H,20,21)/p-1. The molecule has 22 heavy (non-hydrogen) atoms. The minimum atomic E-state index is -2.96. The highest BCUT2D eigenvalue weighted by molar-refractivity contribution is 9.10. The van der Waals surface area contributed by atoms with E-state index in [9.17, 15) is 26.7 Å². The maximum Gasteiger partial charge on any atom is 0.258 e. The molecular weight excluding hydrogens is 387 g/mol. The van der Waals surface area contributed by atoms with Crippen molar-refractivity contribution in [2.45, 2.75) is 4.90 Å². The number of benzene rings is 2. The van der Waals surface area contributed by atoms with Crippen molar-refractivity contribution in [1.82, 2.24) is 0 Å². The summed E-state index contributed by atoms with van der Waals surface area (Å²) in [5, 5.41) is 2.25. The molecule has 0 radical (unpaired) electrons. The second-order valence-corrected chi connectivity index (χ2v) is 5.84. The molecule has 1 atom stereocenters. The molecule has 4 nitrogen and oxygen atoms in total. The van der Waals surface area contributed by atoms with Crippen LogP contribution in [0, 0.1) is 17.5 Å². The number of amides is 1. The van der Waals surface area contributed by atoms with E-state index in [1.807, 2.05) is 0 Å². The molecule has 0 fully saturated rings. The van der Waals surface area contributed by atoms with Gasteiger partial charge in [-0.15, -0.1) is 0 Å². The first-order chi connectivity index (χ1) is 10.3. The molecule has 0 saturated carbocycles. The van der Waals surface area contributed by atoms with Crippen molar-refractivity contribution in [3.63, 3.8) is 0 Å². The van der Waals surface area contributed by atoms with Crippen molar-refractivity contribution in [3.8, 4) is 0 Å². The lowest BCUT2D eigenvalue weighted by Crippen LogP contribution is -2.15. The van der Waals surface area contributed by atoms with E-state index < -0.39 is 44.9 Å². The summed E-state index contributed by atoms with van der Waals surface area (Å²) in [4.78, 5) is 11.1. The fourth-order valence-corrected chi connectivity index (χ4v) is 2.41. The van der Waals surface area contributed by atoms with Gasteiger partial charge in [-0.3, -0.25) is 9.00 Å². The Morgan fingerprint density at radius 3 is 2.36 bits per heavy atom. The number of halogens is 4. The highest BCUT2D eigenvalue weighted by Crippen LogP contribution is 2.22. The molecule has 2 rings (SSSR count). The van der Waals surface area contributed by atoms with Crippen molar-refractivity contribution in [2.75, 3.05) is 5.32 Å². The lowest BCUT2D eigenvalue weighted by molar-refractivity contribution is 0.102. The molecule has 2 aromatic carbocycles. The number of carbonyl (C=O) groups is 1. The summed E-state index contributed by atoms with van der Waals surface area (Å²) in [5.74, 6) is -4.07. The molecule has 0 spiro atoms. The molecule has 0 aliphatic carbocycles. The van der Waals surface area contributed by atoms with Gasteiger partial charge in [0.05, 0.1) is 14.9 Å². The Morgan fingerprint density at radius 2 is 1.77 bits per heavy atom. The number of nitrogens with one attached hydrogen (secondary N) is 1. The Bertz CT molecular complexity index is 785. The highest BCUT2D eigenvalue weighted by atomic mass is 79.9. The smallest absolute Gasteiger partial charge is 0.258 e. The first-order valence-electron chi connectivity index (χ1n) is 5.64. The van der Waals surface area contributed by atoms with E-state index in [4.69, 9.17) is 0 Å². The van der Waals surface area contributed by atoms with Crippen molar-refractivity contribution in [2.24, 2.45) is 0 Å². The summed E-state index contributed by atoms with van der Waals surface area (Å²) in [6, 6.07) is 4.43. The molecule has 0 saturated heterocycles. The molecule has 1 N–H and O–H groups in total. The largest absolute Gasteiger partial charge is 0.768 e. The number of hydrogen-bond donors (Lipinski definition) is 1. The normalized spacial score (nSPS) is 12.0.